The smallest absolute Gasteiger partial charge is 0.191 e. The first-order valence-corrected chi connectivity index (χ1v) is 8.34. The van der Waals surface area contributed by atoms with Crippen molar-refractivity contribution >= 4 is 5.96 Å². The highest BCUT2D eigenvalue weighted by atomic mass is 15.2. The zero-order chi connectivity index (χ0) is 13.1. The molecule has 0 bridgehead atoms. The van der Waals surface area contributed by atoms with Crippen LogP contribution in [0.5, 0.6) is 0 Å². The van der Waals surface area contributed by atoms with E-state index in [1.807, 2.05) is 7.05 Å². The van der Waals surface area contributed by atoms with Crippen LogP contribution >= 0.6 is 0 Å². The van der Waals surface area contributed by atoms with Crippen molar-refractivity contribution < 1.29 is 0 Å². The van der Waals surface area contributed by atoms with Crippen LogP contribution in [0.3, 0.4) is 0 Å². The summed E-state index contributed by atoms with van der Waals surface area (Å²) < 4.78 is 0. The Kier molecular flexibility index (Phi) is 4.29. The summed E-state index contributed by atoms with van der Waals surface area (Å²) in [5.74, 6) is 4.00. The van der Waals surface area contributed by atoms with Crippen molar-refractivity contribution in [1.29, 1.82) is 0 Å². The first-order valence-electron chi connectivity index (χ1n) is 8.34. The van der Waals surface area contributed by atoms with Gasteiger partial charge in [-0.1, -0.05) is 19.3 Å². The van der Waals surface area contributed by atoms with Gasteiger partial charge >= 0.3 is 0 Å². The maximum atomic E-state index is 4.41. The van der Waals surface area contributed by atoms with Crippen molar-refractivity contribution in [1.82, 2.24) is 10.6 Å². The van der Waals surface area contributed by atoms with Crippen molar-refractivity contribution in [2.24, 2.45) is 22.7 Å². The van der Waals surface area contributed by atoms with E-state index in [1.165, 1.54) is 57.8 Å². The van der Waals surface area contributed by atoms with Crippen molar-refractivity contribution in [2.75, 3.05) is 13.6 Å². The van der Waals surface area contributed by atoms with E-state index in [0.29, 0.717) is 6.04 Å². The molecule has 0 amide bonds. The van der Waals surface area contributed by atoms with Crippen molar-refractivity contribution in [3.8, 4) is 0 Å². The predicted molar refractivity (Wildman–Crippen MR) is 80.3 cm³/mol. The average Bonchev–Trinajstić information content (AvgIpc) is 3.31. The summed E-state index contributed by atoms with van der Waals surface area (Å²) in [7, 11) is 1.90. The molecular formula is C16H29N3. The number of hydrogen-bond acceptors (Lipinski definition) is 1. The van der Waals surface area contributed by atoms with E-state index in [9.17, 15) is 0 Å². The van der Waals surface area contributed by atoms with Gasteiger partial charge in [-0.15, -0.1) is 0 Å². The van der Waals surface area contributed by atoms with Crippen LogP contribution in [0, 0.1) is 17.8 Å². The quantitative estimate of drug-likeness (QED) is 0.591. The second-order valence-electron chi connectivity index (χ2n) is 6.77. The van der Waals surface area contributed by atoms with E-state index < -0.39 is 0 Å². The molecule has 3 nitrogen and oxygen atoms in total. The molecule has 0 radical (unpaired) electrons. The Bertz CT molecular complexity index is 300. The number of rotatable bonds is 5. The third-order valence-corrected chi connectivity index (χ3v) is 5.13. The molecule has 0 spiro atoms. The highest BCUT2D eigenvalue weighted by Gasteiger charge is 2.41. The fourth-order valence-electron chi connectivity index (χ4n) is 3.62. The van der Waals surface area contributed by atoms with E-state index >= 15 is 0 Å². The number of aliphatic imine (C=N–C) groups is 1. The van der Waals surface area contributed by atoms with Gasteiger partial charge in [-0.2, -0.15) is 0 Å². The van der Waals surface area contributed by atoms with Gasteiger partial charge < -0.3 is 10.6 Å². The van der Waals surface area contributed by atoms with Crippen LogP contribution in [-0.2, 0) is 0 Å². The largest absolute Gasteiger partial charge is 0.356 e. The topological polar surface area (TPSA) is 36.4 Å². The molecule has 3 heteroatoms. The maximum Gasteiger partial charge on any atom is 0.191 e. The van der Waals surface area contributed by atoms with Gasteiger partial charge in [0.2, 0.25) is 0 Å². The summed E-state index contributed by atoms with van der Waals surface area (Å²) in [6.07, 6.45) is 12.7. The monoisotopic (exact) mass is 263 g/mol. The van der Waals surface area contributed by atoms with Gasteiger partial charge in [-0.25, -0.2) is 0 Å². The average molecular weight is 263 g/mol. The molecule has 0 atom stereocenters. The second kappa shape index (κ2) is 6.15. The molecule has 0 aromatic carbocycles. The predicted octanol–water partition coefficient (Wildman–Crippen LogP) is 2.92. The first kappa shape index (κ1) is 13.3. The van der Waals surface area contributed by atoms with Gasteiger partial charge in [0.1, 0.15) is 0 Å². The van der Waals surface area contributed by atoms with Gasteiger partial charge in [-0.05, 0) is 56.3 Å². The maximum absolute atomic E-state index is 4.41. The molecule has 3 rings (SSSR count). The van der Waals surface area contributed by atoms with Crippen molar-refractivity contribution in [3.05, 3.63) is 0 Å². The van der Waals surface area contributed by atoms with E-state index in [4.69, 9.17) is 0 Å². The first-order chi connectivity index (χ1) is 9.36. The molecule has 0 aliphatic heterocycles. The third kappa shape index (κ3) is 3.87. The van der Waals surface area contributed by atoms with Crippen LogP contribution in [0.25, 0.3) is 0 Å². The Labute approximate surface area is 117 Å². The van der Waals surface area contributed by atoms with Crippen LogP contribution in [-0.4, -0.2) is 25.6 Å². The Hall–Kier alpha value is -0.730. The Morgan fingerprint density at radius 2 is 1.63 bits per heavy atom. The molecule has 2 N–H and O–H groups in total. The minimum Gasteiger partial charge on any atom is -0.356 e. The minimum atomic E-state index is 0.653. The van der Waals surface area contributed by atoms with Crippen LogP contribution in [0.2, 0.25) is 0 Å². The van der Waals surface area contributed by atoms with Crippen LogP contribution < -0.4 is 10.6 Å². The summed E-state index contributed by atoms with van der Waals surface area (Å²) >= 11 is 0. The molecule has 0 aromatic rings. The Morgan fingerprint density at radius 1 is 1.00 bits per heavy atom. The lowest BCUT2D eigenvalue weighted by molar-refractivity contribution is 0.389. The number of nitrogens with zero attached hydrogens (tertiary/aromatic N) is 1. The van der Waals surface area contributed by atoms with Crippen LogP contribution in [0.4, 0.5) is 0 Å². The van der Waals surface area contributed by atoms with E-state index in [1.54, 1.807) is 0 Å². The van der Waals surface area contributed by atoms with Gasteiger partial charge in [-0.3, -0.25) is 4.99 Å². The Morgan fingerprint density at radius 3 is 2.16 bits per heavy atom. The number of guanidine groups is 1. The summed E-state index contributed by atoms with van der Waals surface area (Å²) in [4.78, 5) is 4.41. The van der Waals surface area contributed by atoms with Gasteiger partial charge in [0.05, 0.1) is 0 Å². The fourth-order valence-corrected chi connectivity index (χ4v) is 3.62. The number of hydrogen-bond donors (Lipinski definition) is 2. The molecule has 0 heterocycles. The van der Waals surface area contributed by atoms with E-state index in [2.05, 4.69) is 15.6 Å². The van der Waals surface area contributed by atoms with Gasteiger partial charge in [0.25, 0.3) is 0 Å². The molecular weight excluding hydrogens is 234 g/mol. The molecule has 3 aliphatic carbocycles. The van der Waals surface area contributed by atoms with Gasteiger partial charge in [0.15, 0.2) is 5.96 Å². The molecule has 3 fully saturated rings. The molecule has 108 valence electrons. The highest BCUT2D eigenvalue weighted by Crippen LogP contribution is 2.48. The molecule has 3 saturated carbocycles. The molecule has 19 heavy (non-hydrogen) atoms. The van der Waals surface area contributed by atoms with Crippen LogP contribution in [0.1, 0.15) is 57.8 Å². The van der Waals surface area contributed by atoms with E-state index in [0.717, 1.165) is 30.3 Å². The summed E-state index contributed by atoms with van der Waals surface area (Å²) in [6.45, 7) is 1.14. The third-order valence-electron chi connectivity index (χ3n) is 5.13. The summed E-state index contributed by atoms with van der Waals surface area (Å²) in [5, 5.41) is 7.22. The molecule has 0 unspecified atom stereocenters. The zero-order valence-corrected chi connectivity index (χ0v) is 12.3. The summed E-state index contributed by atoms with van der Waals surface area (Å²) in [5.41, 5.74) is 0. The van der Waals surface area contributed by atoms with Crippen molar-refractivity contribution in [2.45, 2.75) is 63.8 Å². The molecule has 0 saturated heterocycles. The second-order valence-corrected chi connectivity index (χ2v) is 6.77. The lowest BCUT2D eigenvalue weighted by Gasteiger charge is -2.26. The van der Waals surface area contributed by atoms with Gasteiger partial charge in [0, 0.05) is 19.6 Å². The fraction of sp³-hybridized carbons (Fsp3) is 0.938. The van der Waals surface area contributed by atoms with Crippen molar-refractivity contribution in [3.63, 3.8) is 0 Å². The number of nitrogens with one attached hydrogen (secondary N) is 2. The molecule has 0 aromatic heterocycles. The molecule has 3 aliphatic rings. The zero-order valence-electron chi connectivity index (χ0n) is 12.3. The standard InChI is InChI=1S/C16H29N3/c1-17-16(19-14-5-3-2-4-6-14)18-11-15(12-7-8-12)13-9-10-13/h12-15H,2-11H2,1H3,(H2,17,18,19). The van der Waals surface area contributed by atoms with E-state index in [-0.39, 0.29) is 0 Å². The minimum absolute atomic E-state index is 0.653. The highest BCUT2D eigenvalue weighted by molar-refractivity contribution is 5.79. The lowest BCUT2D eigenvalue weighted by Crippen LogP contribution is -2.45. The SMILES string of the molecule is CN=C(NCC(C1CC1)C1CC1)NC1CCCCC1. The Balaban J connectivity index is 1.43. The van der Waals surface area contributed by atoms with Crippen LogP contribution in [0.15, 0.2) is 4.99 Å². The summed E-state index contributed by atoms with van der Waals surface area (Å²) in [6, 6.07) is 0.653. The normalized spacial score (nSPS) is 25.7. The lowest BCUT2D eigenvalue weighted by atomic mass is 9.95.